The topological polar surface area (TPSA) is 88.2 Å². The number of likely N-dealkylation sites (N-methyl/N-ethyl adjacent to an activating group) is 1. The molecule has 1 amide bonds. The van der Waals surface area contributed by atoms with Crippen molar-refractivity contribution >= 4 is 21.6 Å². The molecule has 0 saturated carbocycles. The summed E-state index contributed by atoms with van der Waals surface area (Å²) in [4.78, 5) is 14.8. The average Bonchev–Trinajstić information content (AvgIpc) is 2.82. The van der Waals surface area contributed by atoms with Crippen LogP contribution in [0.3, 0.4) is 0 Å². The van der Waals surface area contributed by atoms with E-state index in [1.807, 2.05) is 12.1 Å². The Kier molecular flexibility index (Phi) is 8.20. The van der Waals surface area contributed by atoms with Gasteiger partial charge >= 0.3 is 0 Å². The lowest BCUT2D eigenvalue weighted by molar-refractivity contribution is -0.121. The van der Waals surface area contributed by atoms with Crippen LogP contribution in [-0.2, 0) is 21.4 Å². The number of sulfonamides is 1. The van der Waals surface area contributed by atoms with Crippen molar-refractivity contribution < 1.29 is 22.7 Å². The standard InChI is InChI=1S/C24H33N3O5S/c1-18-6-5-13-27(16-18)20-9-7-19(8-10-20)15-25-24(28)17-26(2)33(29,30)21-11-12-22(31-3)23(14-21)32-4/h7-12,14,18H,5-6,13,15-17H2,1-4H3,(H,25,28)/t18-/m1/s1. The summed E-state index contributed by atoms with van der Waals surface area (Å²) in [6.07, 6.45) is 2.48. The lowest BCUT2D eigenvalue weighted by atomic mass is 9.99. The molecule has 1 aliphatic rings. The van der Waals surface area contributed by atoms with Crippen LogP contribution in [0.4, 0.5) is 5.69 Å². The SMILES string of the molecule is COc1ccc(S(=O)(=O)N(C)CC(=O)NCc2ccc(N3CCC[C@@H](C)C3)cc2)cc1OC. The van der Waals surface area contributed by atoms with Crippen LogP contribution >= 0.6 is 0 Å². The Morgan fingerprint density at radius 2 is 1.82 bits per heavy atom. The van der Waals surface area contributed by atoms with Gasteiger partial charge in [0.1, 0.15) is 0 Å². The molecule has 0 unspecified atom stereocenters. The molecule has 0 aromatic heterocycles. The third-order valence-electron chi connectivity index (χ3n) is 5.88. The highest BCUT2D eigenvalue weighted by atomic mass is 32.2. The van der Waals surface area contributed by atoms with Gasteiger partial charge in [-0.3, -0.25) is 4.79 Å². The fourth-order valence-electron chi connectivity index (χ4n) is 3.95. The number of hydrogen-bond acceptors (Lipinski definition) is 6. The Hall–Kier alpha value is -2.78. The van der Waals surface area contributed by atoms with Crippen LogP contribution < -0.4 is 19.7 Å². The number of carbonyl (C=O) groups is 1. The van der Waals surface area contributed by atoms with Crippen molar-refractivity contribution in [2.45, 2.75) is 31.2 Å². The highest BCUT2D eigenvalue weighted by Gasteiger charge is 2.24. The minimum Gasteiger partial charge on any atom is -0.493 e. The van der Waals surface area contributed by atoms with E-state index in [0.29, 0.717) is 24.0 Å². The number of anilines is 1. The van der Waals surface area contributed by atoms with Crippen LogP contribution in [0.1, 0.15) is 25.3 Å². The normalized spacial score (nSPS) is 16.5. The van der Waals surface area contributed by atoms with Crippen LogP contribution in [0, 0.1) is 5.92 Å². The predicted octanol–water partition coefficient (Wildman–Crippen LogP) is 2.88. The third kappa shape index (κ3) is 6.17. The quantitative estimate of drug-likeness (QED) is 0.600. The van der Waals surface area contributed by atoms with Gasteiger partial charge in [-0.15, -0.1) is 0 Å². The fraction of sp³-hybridized carbons (Fsp3) is 0.458. The summed E-state index contributed by atoms with van der Waals surface area (Å²) in [6.45, 7) is 4.46. The van der Waals surface area contributed by atoms with E-state index in [1.54, 1.807) is 0 Å². The Labute approximate surface area is 196 Å². The van der Waals surface area contributed by atoms with Gasteiger partial charge in [0.05, 0.1) is 25.7 Å². The Morgan fingerprint density at radius 1 is 1.12 bits per heavy atom. The van der Waals surface area contributed by atoms with Crippen LogP contribution in [0.15, 0.2) is 47.4 Å². The molecule has 1 atom stereocenters. The van der Waals surface area contributed by atoms with E-state index in [1.165, 1.54) is 58.0 Å². The second kappa shape index (κ2) is 10.9. The van der Waals surface area contributed by atoms with Gasteiger partial charge in [0.25, 0.3) is 0 Å². The van der Waals surface area contributed by atoms with Gasteiger partial charge in [-0.2, -0.15) is 4.31 Å². The largest absolute Gasteiger partial charge is 0.493 e. The van der Waals surface area contributed by atoms with Gasteiger partial charge in [-0.05, 0) is 48.6 Å². The molecule has 9 heteroatoms. The number of carbonyl (C=O) groups excluding carboxylic acids is 1. The molecule has 180 valence electrons. The molecule has 0 spiro atoms. The number of nitrogens with one attached hydrogen (secondary N) is 1. The minimum atomic E-state index is -3.87. The number of amides is 1. The molecular weight excluding hydrogens is 442 g/mol. The molecule has 2 aromatic carbocycles. The lowest BCUT2D eigenvalue weighted by Crippen LogP contribution is -2.38. The zero-order valence-corrected chi connectivity index (χ0v) is 20.5. The summed E-state index contributed by atoms with van der Waals surface area (Å²) in [6, 6.07) is 12.5. The van der Waals surface area contributed by atoms with E-state index in [4.69, 9.17) is 9.47 Å². The first-order valence-electron chi connectivity index (χ1n) is 11.0. The van der Waals surface area contributed by atoms with E-state index >= 15 is 0 Å². The lowest BCUT2D eigenvalue weighted by Gasteiger charge is -2.32. The average molecular weight is 476 g/mol. The molecule has 1 fully saturated rings. The number of rotatable bonds is 9. The summed E-state index contributed by atoms with van der Waals surface area (Å²) in [5, 5.41) is 2.80. The first kappa shape index (κ1) is 24.9. The summed E-state index contributed by atoms with van der Waals surface area (Å²) >= 11 is 0. The fourth-order valence-corrected chi connectivity index (χ4v) is 5.09. The molecule has 1 heterocycles. The first-order chi connectivity index (χ1) is 15.7. The molecule has 33 heavy (non-hydrogen) atoms. The molecular formula is C24H33N3O5S. The smallest absolute Gasteiger partial charge is 0.243 e. The summed E-state index contributed by atoms with van der Waals surface area (Å²) in [5.74, 6) is 1.05. The number of nitrogens with zero attached hydrogens (tertiary/aromatic N) is 2. The second-order valence-electron chi connectivity index (χ2n) is 8.41. The van der Waals surface area contributed by atoms with E-state index in [0.717, 1.165) is 23.0 Å². The van der Waals surface area contributed by atoms with Crippen molar-refractivity contribution in [3.63, 3.8) is 0 Å². The predicted molar refractivity (Wildman–Crippen MR) is 128 cm³/mol. The van der Waals surface area contributed by atoms with Gasteiger partial charge < -0.3 is 19.7 Å². The van der Waals surface area contributed by atoms with Crippen molar-refractivity contribution in [2.75, 3.05) is 45.8 Å². The molecule has 8 nitrogen and oxygen atoms in total. The van der Waals surface area contributed by atoms with Gasteiger partial charge in [0.2, 0.25) is 15.9 Å². The van der Waals surface area contributed by atoms with Crippen LogP contribution in [0.2, 0.25) is 0 Å². The molecule has 1 N–H and O–H groups in total. The van der Waals surface area contributed by atoms with Gasteiger partial charge in [-0.1, -0.05) is 19.1 Å². The minimum absolute atomic E-state index is 0.0260. The third-order valence-corrected chi connectivity index (χ3v) is 7.68. The molecule has 1 aliphatic heterocycles. The van der Waals surface area contributed by atoms with Crippen molar-refractivity contribution in [3.8, 4) is 11.5 Å². The van der Waals surface area contributed by atoms with Gasteiger partial charge in [-0.25, -0.2) is 8.42 Å². The summed E-state index contributed by atoms with van der Waals surface area (Å²) in [7, 11) is 0.421. The Morgan fingerprint density at radius 3 is 2.45 bits per heavy atom. The maximum Gasteiger partial charge on any atom is 0.243 e. The Balaban J connectivity index is 1.56. The van der Waals surface area contributed by atoms with Crippen molar-refractivity contribution in [1.29, 1.82) is 0 Å². The second-order valence-corrected chi connectivity index (χ2v) is 10.5. The molecule has 1 saturated heterocycles. The molecule has 0 radical (unpaired) electrons. The van der Waals surface area contributed by atoms with Crippen molar-refractivity contribution in [1.82, 2.24) is 9.62 Å². The highest BCUT2D eigenvalue weighted by molar-refractivity contribution is 7.89. The van der Waals surface area contributed by atoms with Crippen molar-refractivity contribution in [2.24, 2.45) is 5.92 Å². The molecule has 3 rings (SSSR count). The van der Waals surface area contributed by atoms with Crippen molar-refractivity contribution in [3.05, 3.63) is 48.0 Å². The van der Waals surface area contributed by atoms with E-state index in [-0.39, 0.29) is 17.3 Å². The zero-order valence-electron chi connectivity index (χ0n) is 19.7. The van der Waals surface area contributed by atoms with E-state index < -0.39 is 10.0 Å². The zero-order chi connectivity index (χ0) is 24.0. The van der Waals surface area contributed by atoms with E-state index in [9.17, 15) is 13.2 Å². The number of ether oxygens (including phenoxy) is 2. The number of methoxy groups -OCH3 is 2. The first-order valence-corrected chi connectivity index (χ1v) is 12.5. The summed E-state index contributed by atoms with van der Waals surface area (Å²) < 4.78 is 37.1. The number of hydrogen-bond donors (Lipinski definition) is 1. The monoisotopic (exact) mass is 475 g/mol. The summed E-state index contributed by atoms with van der Waals surface area (Å²) in [5.41, 5.74) is 2.15. The highest BCUT2D eigenvalue weighted by Crippen LogP contribution is 2.30. The van der Waals surface area contributed by atoms with Crippen LogP contribution in [-0.4, -0.2) is 59.5 Å². The number of piperidine rings is 1. The van der Waals surface area contributed by atoms with Gasteiger partial charge in [0.15, 0.2) is 11.5 Å². The van der Waals surface area contributed by atoms with Crippen LogP contribution in [0.25, 0.3) is 0 Å². The maximum absolute atomic E-state index is 12.9. The number of benzene rings is 2. The molecule has 0 aliphatic carbocycles. The van der Waals surface area contributed by atoms with Crippen LogP contribution in [0.5, 0.6) is 11.5 Å². The van der Waals surface area contributed by atoms with E-state index in [2.05, 4.69) is 29.3 Å². The molecule has 0 bridgehead atoms. The molecule has 2 aromatic rings. The Bertz CT molecular complexity index is 1060. The van der Waals surface area contributed by atoms with Gasteiger partial charge in [0, 0.05) is 38.4 Å². The maximum atomic E-state index is 12.9.